The zero-order chi connectivity index (χ0) is 25.5. The van der Waals surface area contributed by atoms with Gasteiger partial charge >= 0.3 is 36.0 Å². The molecule has 1 heterocycles. The zero-order valence-electron chi connectivity index (χ0n) is 17.8. The molecule has 12 nitrogen and oxygen atoms in total. The lowest BCUT2D eigenvalue weighted by Crippen LogP contribution is -2.62. The third-order valence-corrected chi connectivity index (χ3v) is 4.01. The summed E-state index contributed by atoms with van der Waals surface area (Å²) in [4.78, 5) is 57.9. The molecule has 186 valence electrons. The van der Waals surface area contributed by atoms with Crippen molar-refractivity contribution in [2.75, 3.05) is 13.7 Å². The molecule has 0 spiro atoms. The second-order valence-electron chi connectivity index (χ2n) is 6.62. The number of carbonyl (C=O) groups is 5. The average molecular weight is 485 g/mol. The molecule has 0 fully saturated rings. The first kappa shape index (κ1) is 27.7. The van der Waals surface area contributed by atoms with Crippen molar-refractivity contribution in [1.29, 1.82) is 0 Å². The summed E-state index contributed by atoms with van der Waals surface area (Å²) >= 11 is 0. The SMILES string of the molecule is COC(=O)C1=C[C@@H](O)[C@@H](NC(=O)C(F)(F)F)[C@H]([C@H](OC(C)=O)[C@@H](COC(C)=O)OC(C)=O)O1. The Morgan fingerprint density at radius 2 is 1.67 bits per heavy atom. The lowest BCUT2D eigenvalue weighted by atomic mass is 9.93. The van der Waals surface area contributed by atoms with Crippen molar-refractivity contribution in [3.63, 3.8) is 0 Å². The number of halogens is 3. The second kappa shape index (κ2) is 11.5. The average Bonchev–Trinajstić information content (AvgIpc) is 2.68. The molecule has 1 aliphatic heterocycles. The van der Waals surface area contributed by atoms with E-state index in [1.807, 2.05) is 0 Å². The maximum Gasteiger partial charge on any atom is 0.471 e. The summed E-state index contributed by atoms with van der Waals surface area (Å²) in [5.41, 5.74) is 0. The van der Waals surface area contributed by atoms with Gasteiger partial charge in [-0.1, -0.05) is 0 Å². The molecule has 0 unspecified atom stereocenters. The molecule has 1 rings (SSSR count). The maximum absolute atomic E-state index is 12.8. The van der Waals surface area contributed by atoms with Crippen molar-refractivity contribution in [2.24, 2.45) is 0 Å². The monoisotopic (exact) mass is 485 g/mol. The number of methoxy groups -OCH3 is 1. The molecular formula is C18H22F3NO11. The minimum atomic E-state index is -5.37. The van der Waals surface area contributed by atoms with Crippen molar-refractivity contribution in [2.45, 2.75) is 57.4 Å². The van der Waals surface area contributed by atoms with Crippen LogP contribution in [-0.4, -0.2) is 85.2 Å². The minimum Gasteiger partial charge on any atom is -0.477 e. The highest BCUT2D eigenvalue weighted by molar-refractivity contribution is 5.87. The van der Waals surface area contributed by atoms with Crippen LogP contribution < -0.4 is 5.32 Å². The fourth-order valence-corrected chi connectivity index (χ4v) is 2.76. The molecule has 5 atom stereocenters. The Morgan fingerprint density at radius 3 is 2.12 bits per heavy atom. The summed E-state index contributed by atoms with van der Waals surface area (Å²) in [6.07, 6.45) is -12.2. The molecule has 33 heavy (non-hydrogen) atoms. The van der Waals surface area contributed by atoms with Crippen LogP contribution >= 0.6 is 0 Å². The van der Waals surface area contributed by atoms with E-state index in [9.17, 15) is 42.3 Å². The predicted octanol–water partition coefficient (Wildman–Crippen LogP) is -0.723. The van der Waals surface area contributed by atoms with E-state index in [4.69, 9.17) is 18.9 Å². The van der Waals surface area contributed by atoms with E-state index in [1.165, 1.54) is 5.32 Å². The normalized spacial score (nSPS) is 21.9. The fourth-order valence-electron chi connectivity index (χ4n) is 2.76. The van der Waals surface area contributed by atoms with Gasteiger partial charge in [-0.25, -0.2) is 4.79 Å². The summed E-state index contributed by atoms with van der Waals surface area (Å²) in [5, 5.41) is 11.8. The van der Waals surface area contributed by atoms with Crippen molar-refractivity contribution in [1.82, 2.24) is 5.32 Å². The van der Waals surface area contributed by atoms with Crippen LogP contribution in [-0.2, 0) is 47.7 Å². The molecule has 0 aromatic carbocycles. The van der Waals surface area contributed by atoms with Crippen LogP contribution in [0.1, 0.15) is 20.8 Å². The Bertz CT molecular complexity index is 811. The molecule has 0 radical (unpaired) electrons. The van der Waals surface area contributed by atoms with Gasteiger partial charge in [-0.3, -0.25) is 19.2 Å². The predicted molar refractivity (Wildman–Crippen MR) is 96.7 cm³/mol. The topological polar surface area (TPSA) is 164 Å². The van der Waals surface area contributed by atoms with E-state index in [0.29, 0.717) is 6.08 Å². The smallest absolute Gasteiger partial charge is 0.471 e. The molecule has 0 aromatic heterocycles. The fraction of sp³-hybridized carbons (Fsp3) is 0.611. The van der Waals surface area contributed by atoms with Gasteiger partial charge < -0.3 is 34.1 Å². The number of rotatable bonds is 8. The molecule has 0 saturated heterocycles. The third kappa shape index (κ3) is 8.25. The van der Waals surface area contributed by atoms with Gasteiger partial charge in [0.25, 0.3) is 0 Å². The standard InChI is InChI=1S/C18H22F3NO11/c1-7(23)30-6-12(31-8(2)24)14(32-9(3)25)15-13(22-17(28)18(19,20)21)10(26)5-11(33-15)16(27)29-4/h5,10,12-15,26H,6H2,1-4H3,(H,22,28)/t10-,12-,13-,14-,15-/m1/s1. The molecule has 15 heteroatoms. The molecule has 0 bridgehead atoms. The zero-order valence-corrected chi connectivity index (χ0v) is 17.8. The van der Waals surface area contributed by atoms with Gasteiger partial charge in [-0.15, -0.1) is 0 Å². The molecule has 1 aliphatic rings. The largest absolute Gasteiger partial charge is 0.477 e. The number of amides is 1. The number of esters is 4. The molecule has 0 saturated carbocycles. The number of alkyl halides is 3. The highest BCUT2D eigenvalue weighted by Gasteiger charge is 2.50. The van der Waals surface area contributed by atoms with E-state index in [0.717, 1.165) is 27.9 Å². The highest BCUT2D eigenvalue weighted by atomic mass is 19.4. The van der Waals surface area contributed by atoms with Crippen LogP contribution in [0.15, 0.2) is 11.8 Å². The Labute approximate surface area is 184 Å². The van der Waals surface area contributed by atoms with Gasteiger partial charge in [0.05, 0.1) is 13.2 Å². The number of hydrogen-bond donors (Lipinski definition) is 2. The van der Waals surface area contributed by atoms with E-state index in [1.54, 1.807) is 0 Å². The summed E-state index contributed by atoms with van der Waals surface area (Å²) < 4.78 is 63.0. The Kier molecular flexibility index (Phi) is 9.63. The molecular weight excluding hydrogens is 463 g/mol. The lowest BCUT2D eigenvalue weighted by molar-refractivity contribution is -0.193. The lowest BCUT2D eigenvalue weighted by Gasteiger charge is -2.40. The van der Waals surface area contributed by atoms with Gasteiger partial charge in [-0.05, 0) is 6.08 Å². The third-order valence-electron chi connectivity index (χ3n) is 4.01. The number of aliphatic hydroxyl groups is 1. The quantitative estimate of drug-likeness (QED) is 0.329. The van der Waals surface area contributed by atoms with E-state index in [2.05, 4.69) is 4.74 Å². The minimum absolute atomic E-state index is 0.668. The summed E-state index contributed by atoms with van der Waals surface area (Å²) in [6.45, 7) is 2.07. The molecule has 1 amide bonds. The van der Waals surface area contributed by atoms with Gasteiger partial charge in [0, 0.05) is 20.8 Å². The van der Waals surface area contributed by atoms with Crippen molar-refractivity contribution in [3.8, 4) is 0 Å². The van der Waals surface area contributed by atoms with Crippen LogP contribution in [0.3, 0.4) is 0 Å². The van der Waals surface area contributed by atoms with Crippen LogP contribution in [0, 0.1) is 0 Å². The second-order valence-corrected chi connectivity index (χ2v) is 6.62. The number of carbonyl (C=O) groups excluding carboxylic acids is 5. The molecule has 0 aromatic rings. The maximum atomic E-state index is 12.8. The van der Waals surface area contributed by atoms with Gasteiger partial charge in [-0.2, -0.15) is 13.2 Å². The first-order valence-electron chi connectivity index (χ1n) is 9.17. The van der Waals surface area contributed by atoms with Crippen molar-refractivity contribution >= 4 is 29.8 Å². The van der Waals surface area contributed by atoms with E-state index < -0.39 is 78.8 Å². The highest BCUT2D eigenvalue weighted by Crippen LogP contribution is 2.27. The first-order valence-corrected chi connectivity index (χ1v) is 9.17. The van der Waals surface area contributed by atoms with Crippen LogP contribution in [0.2, 0.25) is 0 Å². The van der Waals surface area contributed by atoms with Crippen molar-refractivity contribution < 1.29 is 65.9 Å². The van der Waals surface area contributed by atoms with Crippen LogP contribution in [0.4, 0.5) is 13.2 Å². The Balaban J connectivity index is 3.51. The number of nitrogens with one attached hydrogen (secondary N) is 1. The number of ether oxygens (including phenoxy) is 5. The number of aliphatic hydroxyl groups excluding tert-OH is 1. The van der Waals surface area contributed by atoms with Gasteiger partial charge in [0.15, 0.2) is 18.3 Å². The molecule has 0 aliphatic carbocycles. The Morgan fingerprint density at radius 1 is 1.09 bits per heavy atom. The molecule has 2 N–H and O–H groups in total. The number of hydrogen-bond acceptors (Lipinski definition) is 11. The van der Waals surface area contributed by atoms with E-state index in [-0.39, 0.29) is 0 Å². The first-order chi connectivity index (χ1) is 15.2. The van der Waals surface area contributed by atoms with Crippen molar-refractivity contribution in [3.05, 3.63) is 11.8 Å². The van der Waals surface area contributed by atoms with Gasteiger partial charge in [0.2, 0.25) is 5.76 Å². The summed E-state index contributed by atoms with van der Waals surface area (Å²) in [7, 11) is 0.942. The summed E-state index contributed by atoms with van der Waals surface area (Å²) in [5.74, 6) is -7.21. The van der Waals surface area contributed by atoms with E-state index >= 15 is 0 Å². The van der Waals surface area contributed by atoms with Crippen LogP contribution in [0.5, 0.6) is 0 Å². The summed E-state index contributed by atoms with van der Waals surface area (Å²) in [6, 6.07) is -1.97. The Hall–Kier alpha value is -3.36. The van der Waals surface area contributed by atoms with Crippen LogP contribution in [0.25, 0.3) is 0 Å². The van der Waals surface area contributed by atoms with Gasteiger partial charge in [0.1, 0.15) is 12.7 Å².